The maximum Gasteiger partial charge on any atom is 0.243 e. The average Bonchev–Trinajstić information content (AvgIpc) is 2.38. The monoisotopic (exact) mass is 244 g/mol. The lowest BCUT2D eigenvalue weighted by Crippen LogP contribution is -2.20. The fourth-order valence-electron chi connectivity index (χ4n) is 1.99. The molecule has 0 bridgehead atoms. The molecule has 2 rings (SSSR count). The molecule has 0 saturated carbocycles. The highest BCUT2D eigenvalue weighted by Crippen LogP contribution is 2.14. The first-order valence-electron chi connectivity index (χ1n) is 6.55. The SMILES string of the molecule is CCC(C)CC(C)Nc1nnc2ccccc2n1. The number of benzene rings is 1. The molecule has 1 N–H and O–H groups in total. The molecule has 4 heteroatoms. The molecule has 96 valence electrons. The summed E-state index contributed by atoms with van der Waals surface area (Å²) in [6.07, 6.45) is 2.32. The summed E-state index contributed by atoms with van der Waals surface area (Å²) in [6, 6.07) is 8.14. The van der Waals surface area contributed by atoms with Crippen LogP contribution in [-0.2, 0) is 0 Å². The molecule has 0 spiro atoms. The number of aromatic nitrogens is 3. The van der Waals surface area contributed by atoms with Crippen LogP contribution in [0.4, 0.5) is 5.95 Å². The van der Waals surface area contributed by atoms with Crippen molar-refractivity contribution in [1.29, 1.82) is 0 Å². The van der Waals surface area contributed by atoms with Crippen LogP contribution in [0.15, 0.2) is 24.3 Å². The van der Waals surface area contributed by atoms with Crippen molar-refractivity contribution in [3.05, 3.63) is 24.3 Å². The molecule has 18 heavy (non-hydrogen) atoms. The van der Waals surface area contributed by atoms with Crippen molar-refractivity contribution < 1.29 is 0 Å². The number of anilines is 1. The number of fused-ring (bicyclic) bond motifs is 1. The summed E-state index contributed by atoms with van der Waals surface area (Å²) in [5, 5.41) is 11.6. The van der Waals surface area contributed by atoms with E-state index in [1.54, 1.807) is 0 Å². The molecule has 1 aromatic heterocycles. The molecule has 0 amide bonds. The van der Waals surface area contributed by atoms with Crippen molar-refractivity contribution >= 4 is 17.0 Å². The van der Waals surface area contributed by atoms with Crippen molar-refractivity contribution in [3.63, 3.8) is 0 Å². The molecule has 0 aliphatic carbocycles. The van der Waals surface area contributed by atoms with Gasteiger partial charge in [-0.2, -0.15) is 0 Å². The van der Waals surface area contributed by atoms with Crippen LogP contribution in [0.25, 0.3) is 11.0 Å². The van der Waals surface area contributed by atoms with E-state index in [-0.39, 0.29) is 0 Å². The summed E-state index contributed by atoms with van der Waals surface area (Å²) in [5.74, 6) is 1.32. The van der Waals surface area contributed by atoms with E-state index >= 15 is 0 Å². The van der Waals surface area contributed by atoms with Gasteiger partial charge in [0.05, 0.1) is 5.52 Å². The van der Waals surface area contributed by atoms with Gasteiger partial charge in [0.2, 0.25) is 5.95 Å². The van der Waals surface area contributed by atoms with Crippen molar-refractivity contribution in [2.75, 3.05) is 5.32 Å². The van der Waals surface area contributed by atoms with E-state index in [9.17, 15) is 0 Å². The largest absolute Gasteiger partial charge is 0.350 e. The Balaban J connectivity index is 2.07. The molecule has 0 fully saturated rings. The first kappa shape index (κ1) is 12.7. The van der Waals surface area contributed by atoms with E-state index in [4.69, 9.17) is 0 Å². The van der Waals surface area contributed by atoms with Gasteiger partial charge in [-0.05, 0) is 31.4 Å². The van der Waals surface area contributed by atoms with Gasteiger partial charge >= 0.3 is 0 Å². The van der Waals surface area contributed by atoms with Gasteiger partial charge in [0.15, 0.2) is 0 Å². The first-order chi connectivity index (χ1) is 8.69. The van der Waals surface area contributed by atoms with Crippen LogP contribution in [-0.4, -0.2) is 21.2 Å². The highest BCUT2D eigenvalue weighted by molar-refractivity contribution is 5.74. The zero-order valence-electron chi connectivity index (χ0n) is 11.2. The zero-order chi connectivity index (χ0) is 13.0. The quantitative estimate of drug-likeness (QED) is 0.877. The van der Waals surface area contributed by atoms with Crippen LogP contribution in [0, 0.1) is 5.92 Å². The Morgan fingerprint density at radius 3 is 2.56 bits per heavy atom. The molecule has 0 saturated heterocycles. The molecular formula is C14H20N4. The van der Waals surface area contributed by atoms with Gasteiger partial charge in [0.25, 0.3) is 0 Å². The number of nitrogens with one attached hydrogen (secondary N) is 1. The number of para-hydroxylation sites is 1. The Kier molecular flexibility index (Phi) is 4.07. The Morgan fingerprint density at radius 1 is 1.11 bits per heavy atom. The minimum absolute atomic E-state index is 0.364. The maximum absolute atomic E-state index is 4.46. The summed E-state index contributed by atoms with van der Waals surface area (Å²) in [6.45, 7) is 6.63. The van der Waals surface area contributed by atoms with E-state index in [1.165, 1.54) is 6.42 Å². The second-order valence-corrected chi connectivity index (χ2v) is 4.92. The third-order valence-corrected chi connectivity index (χ3v) is 3.19. The summed E-state index contributed by atoms with van der Waals surface area (Å²) in [7, 11) is 0. The molecule has 0 aliphatic heterocycles. The summed E-state index contributed by atoms with van der Waals surface area (Å²) in [5.41, 5.74) is 1.71. The molecule has 1 aromatic carbocycles. The number of rotatable bonds is 5. The standard InChI is InChI=1S/C14H20N4/c1-4-10(2)9-11(3)15-14-16-12-7-5-6-8-13(12)17-18-14/h5-8,10-11H,4,9H2,1-3H3,(H,15,16,18). The lowest BCUT2D eigenvalue weighted by atomic mass is 10.0. The van der Waals surface area contributed by atoms with Gasteiger partial charge in [-0.3, -0.25) is 0 Å². The van der Waals surface area contributed by atoms with Gasteiger partial charge in [-0.1, -0.05) is 32.4 Å². The van der Waals surface area contributed by atoms with Crippen molar-refractivity contribution in [2.45, 2.75) is 39.7 Å². The predicted octanol–water partition coefficient (Wildman–Crippen LogP) is 3.26. The van der Waals surface area contributed by atoms with Crippen LogP contribution in [0.1, 0.15) is 33.6 Å². The zero-order valence-corrected chi connectivity index (χ0v) is 11.2. The lowest BCUT2D eigenvalue weighted by molar-refractivity contribution is 0.482. The second-order valence-electron chi connectivity index (χ2n) is 4.92. The third-order valence-electron chi connectivity index (χ3n) is 3.19. The molecule has 4 nitrogen and oxygen atoms in total. The third kappa shape index (κ3) is 3.15. The normalized spacial score (nSPS) is 14.4. The van der Waals surface area contributed by atoms with E-state index in [1.807, 2.05) is 24.3 Å². The number of hydrogen-bond acceptors (Lipinski definition) is 4. The van der Waals surface area contributed by atoms with E-state index in [0.717, 1.165) is 17.5 Å². The summed E-state index contributed by atoms with van der Waals surface area (Å²) >= 11 is 0. The summed E-state index contributed by atoms with van der Waals surface area (Å²) in [4.78, 5) is 4.46. The van der Waals surface area contributed by atoms with Crippen LogP contribution in [0.3, 0.4) is 0 Å². The molecular weight excluding hydrogens is 224 g/mol. The summed E-state index contributed by atoms with van der Waals surface area (Å²) < 4.78 is 0. The van der Waals surface area contributed by atoms with Crippen LogP contribution < -0.4 is 5.32 Å². The highest BCUT2D eigenvalue weighted by atomic mass is 15.2. The van der Waals surface area contributed by atoms with Crippen LogP contribution in [0.2, 0.25) is 0 Å². The van der Waals surface area contributed by atoms with Gasteiger partial charge in [-0.25, -0.2) is 4.98 Å². The van der Waals surface area contributed by atoms with Gasteiger partial charge in [0.1, 0.15) is 5.52 Å². The lowest BCUT2D eigenvalue weighted by Gasteiger charge is -2.17. The second kappa shape index (κ2) is 5.76. The van der Waals surface area contributed by atoms with Gasteiger partial charge in [-0.15, -0.1) is 10.2 Å². The average molecular weight is 244 g/mol. The highest BCUT2D eigenvalue weighted by Gasteiger charge is 2.09. The molecule has 0 aliphatic rings. The predicted molar refractivity (Wildman–Crippen MR) is 74.5 cm³/mol. The smallest absolute Gasteiger partial charge is 0.243 e. The molecule has 2 unspecified atom stereocenters. The molecule has 2 aromatic rings. The Labute approximate surface area is 108 Å². The van der Waals surface area contributed by atoms with Gasteiger partial charge in [0, 0.05) is 6.04 Å². The van der Waals surface area contributed by atoms with Crippen molar-refractivity contribution in [1.82, 2.24) is 15.2 Å². The number of hydrogen-bond donors (Lipinski definition) is 1. The van der Waals surface area contributed by atoms with E-state index < -0.39 is 0 Å². The van der Waals surface area contributed by atoms with E-state index in [0.29, 0.717) is 17.9 Å². The van der Waals surface area contributed by atoms with Crippen molar-refractivity contribution in [3.8, 4) is 0 Å². The molecule has 0 radical (unpaired) electrons. The van der Waals surface area contributed by atoms with Gasteiger partial charge < -0.3 is 5.32 Å². The minimum atomic E-state index is 0.364. The minimum Gasteiger partial charge on any atom is -0.350 e. The van der Waals surface area contributed by atoms with E-state index in [2.05, 4.69) is 41.3 Å². The fourth-order valence-corrected chi connectivity index (χ4v) is 1.99. The topological polar surface area (TPSA) is 50.7 Å². The fraction of sp³-hybridized carbons (Fsp3) is 0.500. The number of nitrogens with zero attached hydrogens (tertiary/aromatic N) is 3. The maximum atomic E-state index is 4.46. The molecule has 2 atom stereocenters. The van der Waals surface area contributed by atoms with Crippen LogP contribution >= 0.6 is 0 Å². The molecule has 1 heterocycles. The Bertz CT molecular complexity index is 512. The first-order valence-corrected chi connectivity index (χ1v) is 6.55. The van der Waals surface area contributed by atoms with Crippen molar-refractivity contribution in [2.24, 2.45) is 5.92 Å². The van der Waals surface area contributed by atoms with Crippen LogP contribution in [0.5, 0.6) is 0 Å². The Morgan fingerprint density at radius 2 is 1.83 bits per heavy atom. The Hall–Kier alpha value is -1.71.